The number of hydrogen-bond acceptors (Lipinski definition) is 5. The molecule has 1 aliphatic rings. The molecule has 0 amide bonds. The van der Waals surface area contributed by atoms with Crippen molar-refractivity contribution in [3.05, 3.63) is 36.5 Å². The van der Waals surface area contributed by atoms with Crippen molar-refractivity contribution in [1.82, 2.24) is 24.3 Å². The number of anilines is 1. The Hall–Kier alpha value is -2.71. The highest BCUT2D eigenvalue weighted by molar-refractivity contribution is 5.58. The number of nitrogens with zero attached hydrogens (tertiary/aromatic N) is 6. The third-order valence-electron chi connectivity index (χ3n) is 4.66. The molecule has 1 aliphatic heterocycles. The number of alkyl halides is 3. The molecule has 0 saturated carbocycles. The average Bonchev–Trinajstić information content (AvgIpc) is 3.05. The molecule has 0 radical (unpaired) electrons. The molecule has 1 fully saturated rings. The molecule has 4 rings (SSSR count). The van der Waals surface area contributed by atoms with Gasteiger partial charge in [-0.25, -0.2) is 19.9 Å². The molecule has 3 aromatic heterocycles. The lowest BCUT2D eigenvalue weighted by Gasteiger charge is -2.31. The second kappa shape index (κ2) is 6.22. The number of piperidine rings is 1. The minimum Gasteiger partial charge on any atom is -0.356 e. The summed E-state index contributed by atoms with van der Waals surface area (Å²) in [6.45, 7) is 4.05. The summed E-state index contributed by atoms with van der Waals surface area (Å²) >= 11 is 0. The van der Waals surface area contributed by atoms with E-state index in [4.69, 9.17) is 0 Å². The van der Waals surface area contributed by atoms with E-state index < -0.39 is 11.9 Å². The summed E-state index contributed by atoms with van der Waals surface area (Å²) < 4.78 is 40.2. The van der Waals surface area contributed by atoms with E-state index in [1.165, 1.54) is 10.6 Å². The Morgan fingerprint density at radius 2 is 1.85 bits per heavy atom. The van der Waals surface area contributed by atoms with Gasteiger partial charge in [0.15, 0.2) is 17.2 Å². The Kier molecular flexibility index (Phi) is 4.01. The lowest BCUT2D eigenvalue weighted by atomic mass is 9.99. The van der Waals surface area contributed by atoms with Crippen LogP contribution in [0.5, 0.6) is 0 Å². The molecule has 0 unspecified atom stereocenters. The van der Waals surface area contributed by atoms with Crippen LogP contribution >= 0.6 is 0 Å². The standard InChI is InChI=1S/C17H17F3N6/c1-11-3-6-25(7-4-11)14-2-5-21-16(24-14)12-8-23-15-9-22-13(10-26(12)15)17(18,19)20/h2,5,8-11H,3-4,6-7H2,1H3. The van der Waals surface area contributed by atoms with Crippen LogP contribution in [0.4, 0.5) is 19.0 Å². The van der Waals surface area contributed by atoms with Crippen molar-refractivity contribution in [2.75, 3.05) is 18.0 Å². The maximum absolute atomic E-state index is 13.0. The number of rotatable bonds is 2. The van der Waals surface area contributed by atoms with E-state index in [0.29, 0.717) is 23.1 Å². The van der Waals surface area contributed by atoms with Crippen molar-refractivity contribution >= 4 is 11.5 Å². The van der Waals surface area contributed by atoms with Gasteiger partial charge in [0.1, 0.15) is 11.5 Å². The Balaban J connectivity index is 1.72. The smallest absolute Gasteiger partial charge is 0.356 e. The van der Waals surface area contributed by atoms with Gasteiger partial charge in [0.05, 0.1) is 12.4 Å². The monoisotopic (exact) mass is 362 g/mol. The molecule has 0 atom stereocenters. The van der Waals surface area contributed by atoms with Crippen molar-refractivity contribution in [2.45, 2.75) is 25.9 Å². The minimum absolute atomic E-state index is 0.314. The van der Waals surface area contributed by atoms with Crippen LogP contribution in [0.3, 0.4) is 0 Å². The van der Waals surface area contributed by atoms with Gasteiger partial charge in [-0.15, -0.1) is 0 Å². The molecule has 3 aromatic rings. The number of halogens is 3. The van der Waals surface area contributed by atoms with E-state index in [1.54, 1.807) is 6.20 Å². The second-order valence-corrected chi connectivity index (χ2v) is 6.55. The molecule has 0 aromatic carbocycles. The van der Waals surface area contributed by atoms with Crippen molar-refractivity contribution in [1.29, 1.82) is 0 Å². The fourth-order valence-electron chi connectivity index (χ4n) is 3.09. The maximum Gasteiger partial charge on any atom is 0.434 e. The maximum atomic E-state index is 13.0. The molecule has 136 valence electrons. The highest BCUT2D eigenvalue weighted by atomic mass is 19.4. The average molecular weight is 362 g/mol. The summed E-state index contributed by atoms with van der Waals surface area (Å²) in [6, 6.07) is 1.82. The first-order chi connectivity index (χ1) is 12.4. The van der Waals surface area contributed by atoms with Crippen LogP contribution < -0.4 is 4.90 Å². The van der Waals surface area contributed by atoms with Crippen molar-refractivity contribution in [3.63, 3.8) is 0 Å². The third-order valence-corrected chi connectivity index (χ3v) is 4.66. The van der Waals surface area contributed by atoms with E-state index in [0.717, 1.165) is 44.1 Å². The summed E-state index contributed by atoms with van der Waals surface area (Å²) in [4.78, 5) is 18.5. The number of hydrogen-bond donors (Lipinski definition) is 0. The number of aromatic nitrogens is 5. The highest BCUT2D eigenvalue weighted by Gasteiger charge is 2.33. The van der Waals surface area contributed by atoms with E-state index in [-0.39, 0.29) is 0 Å². The lowest BCUT2D eigenvalue weighted by Crippen LogP contribution is -2.33. The SMILES string of the molecule is CC1CCN(c2ccnc(-c3cnc4cnc(C(F)(F)F)cn34)n2)CC1. The summed E-state index contributed by atoms with van der Waals surface area (Å²) in [7, 11) is 0. The molecule has 6 nitrogen and oxygen atoms in total. The zero-order valence-electron chi connectivity index (χ0n) is 14.1. The van der Waals surface area contributed by atoms with Gasteiger partial charge in [-0.05, 0) is 24.8 Å². The van der Waals surface area contributed by atoms with Gasteiger partial charge in [-0.3, -0.25) is 4.40 Å². The fourth-order valence-corrected chi connectivity index (χ4v) is 3.09. The van der Waals surface area contributed by atoms with E-state index in [2.05, 4.69) is 31.8 Å². The second-order valence-electron chi connectivity index (χ2n) is 6.55. The fraction of sp³-hybridized carbons (Fsp3) is 0.412. The van der Waals surface area contributed by atoms with Gasteiger partial charge >= 0.3 is 6.18 Å². The highest BCUT2D eigenvalue weighted by Crippen LogP contribution is 2.29. The van der Waals surface area contributed by atoms with Gasteiger partial charge in [0.2, 0.25) is 0 Å². The van der Waals surface area contributed by atoms with E-state index >= 15 is 0 Å². The molecule has 9 heteroatoms. The van der Waals surface area contributed by atoms with E-state index in [9.17, 15) is 13.2 Å². The van der Waals surface area contributed by atoms with Crippen molar-refractivity contribution < 1.29 is 13.2 Å². The van der Waals surface area contributed by atoms with Crippen LogP contribution in [-0.4, -0.2) is 37.4 Å². The minimum atomic E-state index is -4.52. The Morgan fingerprint density at radius 1 is 1.08 bits per heavy atom. The van der Waals surface area contributed by atoms with Gasteiger partial charge in [0.25, 0.3) is 0 Å². The molecule has 26 heavy (non-hydrogen) atoms. The number of imidazole rings is 1. The largest absolute Gasteiger partial charge is 0.434 e. The first kappa shape index (κ1) is 16.7. The zero-order valence-corrected chi connectivity index (χ0v) is 14.1. The van der Waals surface area contributed by atoms with Crippen LogP contribution in [0, 0.1) is 5.92 Å². The summed E-state index contributed by atoms with van der Waals surface area (Å²) in [5, 5.41) is 0. The van der Waals surface area contributed by atoms with Gasteiger partial charge < -0.3 is 4.90 Å². The predicted octanol–water partition coefficient (Wildman–Crippen LogP) is 3.44. The molecule has 0 N–H and O–H groups in total. The molecular formula is C17H17F3N6. The third kappa shape index (κ3) is 3.09. The van der Waals surface area contributed by atoms with Gasteiger partial charge in [-0.2, -0.15) is 13.2 Å². The predicted molar refractivity (Wildman–Crippen MR) is 89.6 cm³/mol. The number of fused-ring (bicyclic) bond motifs is 1. The Bertz CT molecular complexity index is 928. The molecule has 0 spiro atoms. The van der Waals surface area contributed by atoms with Gasteiger partial charge in [-0.1, -0.05) is 6.92 Å². The Morgan fingerprint density at radius 3 is 2.58 bits per heavy atom. The normalized spacial score (nSPS) is 16.4. The van der Waals surface area contributed by atoms with Crippen molar-refractivity contribution in [2.24, 2.45) is 5.92 Å². The summed E-state index contributed by atoms with van der Waals surface area (Å²) in [5.41, 5.74) is -0.264. The first-order valence-corrected chi connectivity index (χ1v) is 8.40. The molecular weight excluding hydrogens is 345 g/mol. The van der Waals surface area contributed by atoms with Crippen LogP contribution in [0.2, 0.25) is 0 Å². The molecule has 0 aliphatic carbocycles. The molecule has 0 bridgehead atoms. The van der Waals surface area contributed by atoms with Crippen LogP contribution in [0.1, 0.15) is 25.5 Å². The van der Waals surface area contributed by atoms with Gasteiger partial charge in [0, 0.05) is 25.5 Å². The zero-order chi connectivity index (χ0) is 18.3. The summed E-state index contributed by atoms with van der Waals surface area (Å²) in [6.07, 6.45) is 2.78. The first-order valence-electron chi connectivity index (χ1n) is 8.40. The molecule has 1 saturated heterocycles. The lowest BCUT2D eigenvalue weighted by molar-refractivity contribution is -0.141. The molecule has 4 heterocycles. The van der Waals surface area contributed by atoms with Crippen LogP contribution in [-0.2, 0) is 6.18 Å². The summed E-state index contributed by atoms with van der Waals surface area (Å²) in [5.74, 6) is 1.81. The van der Waals surface area contributed by atoms with Crippen molar-refractivity contribution in [3.8, 4) is 11.5 Å². The van der Waals surface area contributed by atoms with Crippen LogP contribution in [0.15, 0.2) is 30.9 Å². The van der Waals surface area contributed by atoms with Crippen LogP contribution in [0.25, 0.3) is 17.2 Å². The van der Waals surface area contributed by atoms with E-state index in [1.807, 2.05) is 6.07 Å². The topological polar surface area (TPSA) is 59.2 Å². The Labute approximate surface area is 147 Å². The quantitative estimate of drug-likeness (QED) is 0.699.